The van der Waals surface area contributed by atoms with Crippen molar-refractivity contribution < 1.29 is 9.53 Å². The Balaban J connectivity index is 1.60. The molecule has 5 rings (SSSR count). The summed E-state index contributed by atoms with van der Waals surface area (Å²) in [7, 11) is 1.60. The molecule has 200 valence electrons. The molecule has 2 unspecified atom stereocenters. The third-order valence-corrected chi connectivity index (χ3v) is 7.59. The van der Waals surface area contributed by atoms with Gasteiger partial charge in [-0.15, -0.1) is 0 Å². The summed E-state index contributed by atoms with van der Waals surface area (Å²) in [6, 6.07) is 24.2. The second-order valence-electron chi connectivity index (χ2n) is 9.68. The van der Waals surface area contributed by atoms with E-state index in [1.54, 1.807) is 7.11 Å². The Kier molecular flexibility index (Phi) is 7.65. The topological polar surface area (TPSA) is 71.4 Å². The second kappa shape index (κ2) is 11.3. The standard InChI is InChI=1S/C31H33N5O2S/c1-5-28(37)33-25-15-14-23(18-27(25)38-4)36-30(29(34-31(36)39)26-13-9-10-16-32-26)24-17-20(2)35(21(24)3)19-22-11-7-6-8-12-22/h6-18,29-30H,5,19H2,1-4H3,(H,33,37)(H,34,39). The van der Waals surface area contributed by atoms with Gasteiger partial charge in [0.25, 0.3) is 0 Å². The van der Waals surface area contributed by atoms with Crippen LogP contribution < -0.4 is 20.3 Å². The summed E-state index contributed by atoms with van der Waals surface area (Å²) < 4.78 is 8.02. The van der Waals surface area contributed by atoms with Crippen LogP contribution in [0, 0.1) is 13.8 Å². The summed E-state index contributed by atoms with van der Waals surface area (Å²) in [6.07, 6.45) is 2.20. The number of carbonyl (C=O) groups is 1. The molecule has 39 heavy (non-hydrogen) atoms. The number of hydrogen-bond acceptors (Lipinski definition) is 4. The Labute approximate surface area is 234 Å². The van der Waals surface area contributed by atoms with E-state index >= 15 is 0 Å². The van der Waals surface area contributed by atoms with Gasteiger partial charge in [-0.2, -0.15) is 0 Å². The van der Waals surface area contributed by atoms with Crippen LogP contribution in [0.2, 0.25) is 0 Å². The number of carbonyl (C=O) groups excluding carboxylic acids is 1. The summed E-state index contributed by atoms with van der Waals surface area (Å²) in [5, 5.41) is 7.07. The monoisotopic (exact) mass is 539 g/mol. The molecule has 1 saturated heterocycles. The highest BCUT2D eigenvalue weighted by Crippen LogP contribution is 2.44. The van der Waals surface area contributed by atoms with E-state index in [0.717, 1.165) is 17.9 Å². The van der Waals surface area contributed by atoms with Gasteiger partial charge in [0.15, 0.2) is 5.11 Å². The van der Waals surface area contributed by atoms with Crippen molar-refractivity contribution in [2.75, 3.05) is 17.3 Å². The van der Waals surface area contributed by atoms with Crippen LogP contribution in [0.4, 0.5) is 11.4 Å². The highest BCUT2D eigenvalue weighted by atomic mass is 32.1. The smallest absolute Gasteiger partial charge is 0.224 e. The highest BCUT2D eigenvalue weighted by Gasteiger charge is 2.42. The zero-order valence-corrected chi connectivity index (χ0v) is 23.5. The van der Waals surface area contributed by atoms with Gasteiger partial charge in [-0.05, 0) is 67.5 Å². The molecule has 1 fully saturated rings. The quantitative estimate of drug-likeness (QED) is 0.264. The Morgan fingerprint density at radius 3 is 2.54 bits per heavy atom. The molecule has 1 aliphatic heterocycles. The van der Waals surface area contributed by atoms with Crippen LogP contribution in [0.1, 0.15) is 53.6 Å². The van der Waals surface area contributed by atoms with Crippen LogP contribution in [-0.4, -0.2) is 27.7 Å². The number of ether oxygens (including phenoxy) is 1. The predicted molar refractivity (Wildman–Crippen MR) is 159 cm³/mol. The van der Waals surface area contributed by atoms with Gasteiger partial charge in [0.2, 0.25) is 5.91 Å². The van der Waals surface area contributed by atoms with Crippen LogP contribution in [0.5, 0.6) is 5.75 Å². The fraction of sp³-hybridized carbons (Fsp3) is 0.258. The van der Waals surface area contributed by atoms with Crippen LogP contribution in [-0.2, 0) is 11.3 Å². The number of aromatic nitrogens is 2. The Morgan fingerprint density at radius 2 is 1.85 bits per heavy atom. The maximum Gasteiger partial charge on any atom is 0.224 e. The minimum absolute atomic E-state index is 0.0710. The van der Waals surface area contributed by atoms with E-state index in [0.29, 0.717) is 23.0 Å². The van der Waals surface area contributed by atoms with Crippen molar-refractivity contribution in [1.82, 2.24) is 14.9 Å². The van der Waals surface area contributed by atoms with Crippen molar-refractivity contribution in [3.05, 3.63) is 107 Å². The SMILES string of the molecule is CCC(=O)Nc1ccc(N2C(=S)NC(c3ccccn3)C2c2cc(C)n(Cc3ccccc3)c2C)cc1OC. The molecular formula is C31H33N5O2S. The van der Waals surface area contributed by atoms with E-state index in [9.17, 15) is 4.79 Å². The molecule has 1 amide bonds. The Bertz CT molecular complexity index is 1490. The van der Waals surface area contributed by atoms with Crippen LogP contribution in [0.15, 0.2) is 79.0 Å². The van der Waals surface area contributed by atoms with Gasteiger partial charge in [-0.3, -0.25) is 9.78 Å². The number of amides is 1. The largest absolute Gasteiger partial charge is 0.494 e. The first kappa shape index (κ1) is 26.4. The highest BCUT2D eigenvalue weighted by molar-refractivity contribution is 7.80. The molecule has 3 heterocycles. The van der Waals surface area contributed by atoms with Gasteiger partial charge < -0.3 is 24.8 Å². The third kappa shape index (κ3) is 5.25. The molecule has 0 bridgehead atoms. The van der Waals surface area contributed by atoms with Crippen molar-refractivity contribution in [2.45, 2.75) is 45.8 Å². The second-order valence-corrected chi connectivity index (χ2v) is 10.1. The van der Waals surface area contributed by atoms with Gasteiger partial charge in [0, 0.05) is 42.3 Å². The van der Waals surface area contributed by atoms with Gasteiger partial charge in [-0.25, -0.2) is 0 Å². The Morgan fingerprint density at radius 1 is 1.08 bits per heavy atom. The number of aryl methyl sites for hydroxylation is 1. The van der Waals surface area contributed by atoms with Crippen molar-refractivity contribution >= 4 is 34.6 Å². The minimum atomic E-state index is -0.158. The fourth-order valence-electron chi connectivity index (χ4n) is 5.26. The number of rotatable bonds is 8. The zero-order valence-electron chi connectivity index (χ0n) is 22.6. The van der Waals surface area contributed by atoms with Gasteiger partial charge >= 0.3 is 0 Å². The number of hydrogen-bond donors (Lipinski definition) is 2. The number of benzene rings is 2. The van der Waals surface area contributed by atoms with Crippen LogP contribution in [0.25, 0.3) is 0 Å². The van der Waals surface area contributed by atoms with Crippen LogP contribution >= 0.6 is 12.2 Å². The number of methoxy groups -OCH3 is 1. The number of nitrogens with one attached hydrogen (secondary N) is 2. The molecule has 1 aliphatic rings. The molecule has 4 aromatic rings. The summed E-state index contributed by atoms with van der Waals surface area (Å²) in [4.78, 5) is 18.9. The average Bonchev–Trinajstić information content (AvgIpc) is 3.45. The minimum Gasteiger partial charge on any atom is -0.494 e. The van der Waals surface area contributed by atoms with E-state index in [1.165, 1.54) is 22.5 Å². The van der Waals surface area contributed by atoms with Crippen molar-refractivity contribution in [2.24, 2.45) is 0 Å². The van der Waals surface area contributed by atoms with Crippen LogP contribution in [0.3, 0.4) is 0 Å². The summed E-state index contributed by atoms with van der Waals surface area (Å²) in [6.45, 7) is 6.93. The average molecular weight is 540 g/mol. The molecule has 8 heteroatoms. The predicted octanol–water partition coefficient (Wildman–Crippen LogP) is 6.08. The first-order valence-corrected chi connectivity index (χ1v) is 13.5. The summed E-state index contributed by atoms with van der Waals surface area (Å²) >= 11 is 5.94. The lowest BCUT2D eigenvalue weighted by Crippen LogP contribution is -2.29. The van der Waals surface area contributed by atoms with Gasteiger partial charge in [-0.1, -0.05) is 43.3 Å². The van der Waals surface area contributed by atoms with E-state index in [-0.39, 0.29) is 18.0 Å². The van der Waals surface area contributed by atoms with Crippen molar-refractivity contribution in [1.29, 1.82) is 0 Å². The molecule has 2 atom stereocenters. The Hall–Kier alpha value is -4.17. The maximum absolute atomic E-state index is 12.1. The lowest BCUT2D eigenvalue weighted by atomic mass is 9.96. The maximum atomic E-state index is 12.1. The third-order valence-electron chi connectivity index (χ3n) is 7.27. The normalized spacial score (nSPS) is 16.7. The van der Waals surface area contributed by atoms with E-state index in [4.69, 9.17) is 17.0 Å². The molecule has 0 radical (unpaired) electrons. The van der Waals surface area contributed by atoms with Crippen molar-refractivity contribution in [3.8, 4) is 5.75 Å². The molecule has 0 aliphatic carbocycles. The number of thiocarbonyl (C=S) groups is 1. The summed E-state index contributed by atoms with van der Waals surface area (Å²) in [5.41, 5.74) is 7.20. The zero-order chi connectivity index (χ0) is 27.5. The van der Waals surface area contributed by atoms with Gasteiger partial charge in [0.1, 0.15) is 5.75 Å². The molecule has 0 saturated carbocycles. The number of pyridine rings is 1. The molecule has 0 spiro atoms. The lowest BCUT2D eigenvalue weighted by molar-refractivity contribution is -0.115. The lowest BCUT2D eigenvalue weighted by Gasteiger charge is -2.29. The van der Waals surface area contributed by atoms with Crippen molar-refractivity contribution in [3.63, 3.8) is 0 Å². The molecular weight excluding hydrogens is 506 g/mol. The van der Waals surface area contributed by atoms with E-state index < -0.39 is 0 Å². The van der Waals surface area contributed by atoms with E-state index in [2.05, 4.69) is 69.3 Å². The van der Waals surface area contributed by atoms with Gasteiger partial charge in [0.05, 0.1) is 30.6 Å². The molecule has 2 aromatic carbocycles. The molecule has 2 N–H and O–H groups in total. The van der Waals surface area contributed by atoms with E-state index in [1.807, 2.05) is 55.6 Å². The molecule has 7 nitrogen and oxygen atoms in total. The number of anilines is 2. The summed E-state index contributed by atoms with van der Waals surface area (Å²) in [5.74, 6) is 0.505. The number of nitrogens with zero attached hydrogens (tertiary/aromatic N) is 3. The first-order chi connectivity index (χ1) is 18.9. The first-order valence-electron chi connectivity index (χ1n) is 13.1. The molecule has 2 aromatic heterocycles. The fourth-order valence-corrected chi connectivity index (χ4v) is 5.60.